The molecule has 1 rings (SSSR count). The molecule has 1 atom stereocenters. The van der Waals surface area contributed by atoms with E-state index in [1.165, 1.54) is 0 Å². The van der Waals surface area contributed by atoms with Gasteiger partial charge in [-0.2, -0.15) is 0 Å². The molecule has 0 saturated heterocycles. The minimum Gasteiger partial charge on any atom is -0.387 e. The van der Waals surface area contributed by atoms with E-state index < -0.39 is 6.10 Å². The Morgan fingerprint density at radius 2 is 2.45 bits per heavy atom. The van der Waals surface area contributed by atoms with Gasteiger partial charge >= 0.3 is 0 Å². The number of aliphatic hydroxyl groups excluding tert-OH is 1. The van der Waals surface area contributed by atoms with Crippen molar-refractivity contribution in [1.29, 1.82) is 0 Å². The third-order valence-corrected chi connectivity index (χ3v) is 1.58. The smallest absolute Gasteiger partial charge is 0.106 e. The second-order valence-electron chi connectivity index (χ2n) is 2.71. The number of rotatable bonds is 3. The Morgan fingerprint density at radius 1 is 1.73 bits per heavy atom. The molecule has 3 nitrogen and oxygen atoms in total. The molecule has 2 N–H and O–H groups in total. The molecule has 11 heavy (non-hydrogen) atoms. The molecular weight excluding hydrogens is 140 g/mol. The second kappa shape index (κ2) is 3.53. The van der Waals surface area contributed by atoms with E-state index >= 15 is 0 Å². The van der Waals surface area contributed by atoms with Crippen molar-refractivity contribution >= 4 is 0 Å². The van der Waals surface area contributed by atoms with E-state index in [9.17, 15) is 0 Å². The molecule has 0 saturated carbocycles. The zero-order valence-corrected chi connectivity index (χ0v) is 6.96. The zero-order chi connectivity index (χ0) is 8.27. The van der Waals surface area contributed by atoms with E-state index in [0.29, 0.717) is 0 Å². The van der Waals surface area contributed by atoms with Crippen molar-refractivity contribution < 1.29 is 5.11 Å². The van der Waals surface area contributed by atoms with Crippen LogP contribution >= 0.6 is 0 Å². The lowest BCUT2D eigenvalue weighted by Crippen LogP contribution is -1.91. The molecule has 0 aliphatic rings. The van der Waals surface area contributed by atoms with Crippen LogP contribution in [0.5, 0.6) is 0 Å². The molecule has 1 aromatic heterocycles. The number of aromatic nitrogens is 2. The van der Waals surface area contributed by atoms with E-state index in [0.717, 1.165) is 24.4 Å². The summed E-state index contributed by atoms with van der Waals surface area (Å²) in [6, 6.07) is 0. The highest BCUT2D eigenvalue weighted by molar-refractivity contribution is 5.03. The fraction of sp³-hybridized carbons (Fsp3) is 0.625. The van der Waals surface area contributed by atoms with Crippen LogP contribution in [-0.2, 0) is 6.42 Å². The van der Waals surface area contributed by atoms with Gasteiger partial charge in [0.1, 0.15) is 5.82 Å². The third kappa shape index (κ3) is 2.05. The van der Waals surface area contributed by atoms with Gasteiger partial charge in [0.2, 0.25) is 0 Å². The molecule has 0 aromatic carbocycles. The number of aryl methyl sites for hydroxylation is 1. The zero-order valence-electron chi connectivity index (χ0n) is 6.96. The summed E-state index contributed by atoms with van der Waals surface area (Å²) in [7, 11) is 0. The first-order chi connectivity index (χ1) is 5.24. The van der Waals surface area contributed by atoms with Crippen LogP contribution in [0.25, 0.3) is 0 Å². The average molecular weight is 154 g/mol. The summed E-state index contributed by atoms with van der Waals surface area (Å²) in [6.07, 6.45) is 3.28. The lowest BCUT2D eigenvalue weighted by Gasteiger charge is -1.97. The van der Waals surface area contributed by atoms with Crippen LogP contribution in [0.4, 0.5) is 0 Å². The summed E-state index contributed by atoms with van der Waals surface area (Å²) in [4.78, 5) is 7.16. The molecule has 0 aliphatic heterocycles. The quantitative estimate of drug-likeness (QED) is 0.691. The van der Waals surface area contributed by atoms with E-state index in [1.807, 2.05) is 0 Å². The number of H-pyrrole nitrogens is 1. The minimum absolute atomic E-state index is 0.437. The number of nitrogens with one attached hydrogen (secondary N) is 1. The van der Waals surface area contributed by atoms with Crippen molar-refractivity contribution in [3.63, 3.8) is 0 Å². The molecule has 62 valence electrons. The van der Waals surface area contributed by atoms with Crippen LogP contribution < -0.4 is 0 Å². The maximum atomic E-state index is 9.13. The van der Waals surface area contributed by atoms with Crippen molar-refractivity contribution in [3.05, 3.63) is 17.7 Å². The van der Waals surface area contributed by atoms with Crippen molar-refractivity contribution in [2.24, 2.45) is 0 Å². The molecule has 0 bridgehead atoms. The van der Waals surface area contributed by atoms with E-state index in [1.54, 1.807) is 13.1 Å². The molecule has 0 aliphatic carbocycles. The van der Waals surface area contributed by atoms with Crippen LogP contribution in [0, 0.1) is 0 Å². The molecular formula is C8H14N2O. The number of aliphatic hydroxyl groups is 1. The number of hydrogen-bond donors (Lipinski definition) is 2. The van der Waals surface area contributed by atoms with Gasteiger partial charge in [-0.1, -0.05) is 6.92 Å². The summed E-state index contributed by atoms with van der Waals surface area (Å²) in [5.74, 6) is 0.961. The summed E-state index contributed by atoms with van der Waals surface area (Å²) in [5.41, 5.74) is 0.799. The maximum absolute atomic E-state index is 9.13. The van der Waals surface area contributed by atoms with Crippen molar-refractivity contribution in [2.75, 3.05) is 0 Å². The standard InChI is InChI=1S/C8H14N2O/c1-3-4-8-9-5-7(10-8)6(2)11/h5-6,11H,3-4H2,1-2H3,(H,9,10). The number of hydrogen-bond acceptors (Lipinski definition) is 2. The normalized spacial score (nSPS) is 13.4. The highest BCUT2D eigenvalue weighted by Gasteiger charge is 2.03. The Kier molecular flexibility index (Phi) is 2.65. The lowest BCUT2D eigenvalue weighted by atomic mass is 10.3. The predicted octanol–water partition coefficient (Wildman–Crippen LogP) is 1.42. The monoisotopic (exact) mass is 154 g/mol. The van der Waals surface area contributed by atoms with Crippen LogP contribution in [0.2, 0.25) is 0 Å². The number of aromatic amines is 1. The van der Waals surface area contributed by atoms with E-state index in [-0.39, 0.29) is 0 Å². The van der Waals surface area contributed by atoms with Gasteiger partial charge in [-0.05, 0) is 13.3 Å². The highest BCUT2D eigenvalue weighted by atomic mass is 16.3. The molecule has 1 heterocycles. The second-order valence-corrected chi connectivity index (χ2v) is 2.71. The van der Waals surface area contributed by atoms with E-state index in [2.05, 4.69) is 16.9 Å². The first kappa shape index (κ1) is 8.27. The Labute approximate surface area is 66.5 Å². The van der Waals surface area contributed by atoms with Gasteiger partial charge in [-0.3, -0.25) is 0 Å². The van der Waals surface area contributed by atoms with Gasteiger partial charge < -0.3 is 10.1 Å². The molecule has 0 fully saturated rings. The van der Waals surface area contributed by atoms with Gasteiger partial charge in [0, 0.05) is 6.42 Å². The van der Waals surface area contributed by atoms with Crippen LogP contribution in [-0.4, -0.2) is 15.1 Å². The average Bonchev–Trinajstić information content (AvgIpc) is 2.37. The molecule has 0 radical (unpaired) electrons. The SMILES string of the molecule is CCCc1ncc(C(C)O)[nH]1. The van der Waals surface area contributed by atoms with Crippen molar-refractivity contribution in [1.82, 2.24) is 9.97 Å². The fourth-order valence-corrected chi connectivity index (χ4v) is 0.955. The van der Waals surface area contributed by atoms with Gasteiger partial charge in [-0.15, -0.1) is 0 Å². The Morgan fingerprint density at radius 3 is 2.91 bits per heavy atom. The van der Waals surface area contributed by atoms with Crippen LogP contribution in [0.3, 0.4) is 0 Å². The van der Waals surface area contributed by atoms with E-state index in [4.69, 9.17) is 5.11 Å². The Balaban J connectivity index is 2.66. The molecule has 0 amide bonds. The largest absolute Gasteiger partial charge is 0.387 e. The van der Waals surface area contributed by atoms with Crippen LogP contribution in [0.1, 0.15) is 37.9 Å². The Bertz CT molecular complexity index is 218. The fourth-order valence-electron chi connectivity index (χ4n) is 0.955. The van der Waals surface area contributed by atoms with Gasteiger partial charge in [0.25, 0.3) is 0 Å². The summed E-state index contributed by atoms with van der Waals surface area (Å²) < 4.78 is 0. The predicted molar refractivity (Wildman–Crippen MR) is 43.2 cm³/mol. The maximum Gasteiger partial charge on any atom is 0.106 e. The minimum atomic E-state index is -0.437. The highest BCUT2D eigenvalue weighted by Crippen LogP contribution is 2.08. The number of nitrogens with zero attached hydrogens (tertiary/aromatic N) is 1. The van der Waals surface area contributed by atoms with Crippen molar-refractivity contribution in [3.8, 4) is 0 Å². The summed E-state index contributed by atoms with van der Waals surface area (Å²) in [6.45, 7) is 3.83. The first-order valence-electron chi connectivity index (χ1n) is 3.96. The number of imidazole rings is 1. The third-order valence-electron chi connectivity index (χ3n) is 1.58. The van der Waals surface area contributed by atoms with Gasteiger partial charge in [0.15, 0.2) is 0 Å². The molecule has 1 aromatic rings. The molecule has 3 heteroatoms. The van der Waals surface area contributed by atoms with Crippen molar-refractivity contribution in [2.45, 2.75) is 32.8 Å². The molecule has 1 unspecified atom stereocenters. The first-order valence-corrected chi connectivity index (χ1v) is 3.96. The van der Waals surface area contributed by atoms with Gasteiger partial charge in [0.05, 0.1) is 18.0 Å². The van der Waals surface area contributed by atoms with Gasteiger partial charge in [-0.25, -0.2) is 4.98 Å². The topological polar surface area (TPSA) is 48.9 Å². The summed E-state index contributed by atoms with van der Waals surface area (Å²) in [5, 5.41) is 9.13. The Hall–Kier alpha value is -0.830. The molecule has 0 spiro atoms. The summed E-state index contributed by atoms with van der Waals surface area (Å²) >= 11 is 0. The lowest BCUT2D eigenvalue weighted by molar-refractivity contribution is 0.194. The van der Waals surface area contributed by atoms with Crippen LogP contribution in [0.15, 0.2) is 6.20 Å².